The van der Waals surface area contributed by atoms with Gasteiger partial charge in [-0.15, -0.1) is 0 Å². The predicted molar refractivity (Wildman–Crippen MR) is 112 cm³/mol. The Morgan fingerprint density at radius 3 is 2.43 bits per heavy atom. The first-order valence-corrected chi connectivity index (χ1v) is 11.0. The van der Waals surface area contributed by atoms with Crippen molar-refractivity contribution in [1.29, 1.82) is 0 Å². The molecule has 1 fully saturated rings. The SMILES string of the molecule is O=S(=O)(NCCN1CCN(c2ccccc2)CC1)c1cccc2cccnc12. The summed E-state index contributed by atoms with van der Waals surface area (Å²) in [4.78, 5) is 9.14. The molecular weight excluding hydrogens is 372 g/mol. The minimum atomic E-state index is -3.59. The number of anilines is 1. The number of para-hydroxylation sites is 2. The van der Waals surface area contributed by atoms with Crippen molar-refractivity contribution in [1.82, 2.24) is 14.6 Å². The molecule has 0 amide bonds. The predicted octanol–water partition coefficient (Wildman–Crippen LogP) is 2.34. The number of pyridine rings is 1. The summed E-state index contributed by atoms with van der Waals surface area (Å²) in [5, 5.41) is 0.822. The normalized spacial score (nSPS) is 15.8. The zero-order chi connectivity index (χ0) is 19.4. The van der Waals surface area contributed by atoms with E-state index in [9.17, 15) is 8.42 Å². The molecule has 28 heavy (non-hydrogen) atoms. The molecule has 2 heterocycles. The number of fused-ring (bicyclic) bond motifs is 1. The van der Waals surface area contributed by atoms with Crippen molar-refractivity contribution < 1.29 is 8.42 Å². The van der Waals surface area contributed by atoms with E-state index in [1.54, 1.807) is 24.4 Å². The molecule has 146 valence electrons. The minimum Gasteiger partial charge on any atom is -0.369 e. The number of piperazine rings is 1. The van der Waals surface area contributed by atoms with E-state index in [0.717, 1.165) is 31.6 Å². The van der Waals surface area contributed by atoms with Gasteiger partial charge in [-0.3, -0.25) is 9.88 Å². The van der Waals surface area contributed by atoms with Crippen molar-refractivity contribution >= 4 is 26.6 Å². The van der Waals surface area contributed by atoms with Gasteiger partial charge in [-0.2, -0.15) is 0 Å². The second-order valence-corrected chi connectivity index (χ2v) is 8.63. The third kappa shape index (κ3) is 4.16. The van der Waals surface area contributed by atoms with Crippen LogP contribution in [0.3, 0.4) is 0 Å². The van der Waals surface area contributed by atoms with Gasteiger partial charge < -0.3 is 4.90 Å². The number of sulfonamides is 1. The standard InChI is InChI=1S/C21H24N4O2S/c26-28(27,20-10-4-6-18-7-5-11-22-21(18)20)23-12-13-24-14-16-25(17-15-24)19-8-2-1-3-9-19/h1-11,23H,12-17H2. The molecule has 1 aliphatic rings. The zero-order valence-corrected chi connectivity index (χ0v) is 16.5. The lowest BCUT2D eigenvalue weighted by atomic mass is 10.2. The quantitative estimate of drug-likeness (QED) is 0.693. The van der Waals surface area contributed by atoms with Crippen LogP contribution in [0.2, 0.25) is 0 Å². The summed E-state index contributed by atoms with van der Waals surface area (Å²) in [6, 6.07) is 19.3. The summed E-state index contributed by atoms with van der Waals surface area (Å²) in [7, 11) is -3.59. The Hall–Kier alpha value is -2.48. The fraction of sp³-hybridized carbons (Fsp3) is 0.286. The molecule has 7 heteroatoms. The van der Waals surface area contributed by atoms with E-state index in [-0.39, 0.29) is 4.90 Å². The molecule has 4 rings (SSSR count). The second kappa shape index (κ2) is 8.26. The number of nitrogens with zero attached hydrogens (tertiary/aromatic N) is 3. The van der Waals surface area contributed by atoms with Crippen LogP contribution in [-0.4, -0.2) is 57.6 Å². The van der Waals surface area contributed by atoms with Gasteiger partial charge >= 0.3 is 0 Å². The van der Waals surface area contributed by atoms with Gasteiger partial charge in [0, 0.05) is 56.5 Å². The van der Waals surface area contributed by atoms with E-state index < -0.39 is 10.0 Å². The Kier molecular flexibility index (Phi) is 5.57. The first-order valence-electron chi connectivity index (χ1n) is 9.49. The van der Waals surface area contributed by atoms with Crippen LogP contribution in [0.5, 0.6) is 0 Å². The van der Waals surface area contributed by atoms with E-state index in [1.807, 2.05) is 18.2 Å². The van der Waals surface area contributed by atoms with Crippen LogP contribution in [0, 0.1) is 0 Å². The van der Waals surface area contributed by atoms with Crippen LogP contribution in [0.4, 0.5) is 5.69 Å². The molecule has 0 atom stereocenters. The Balaban J connectivity index is 1.33. The van der Waals surface area contributed by atoms with Crippen molar-refractivity contribution in [2.75, 3.05) is 44.2 Å². The molecule has 1 saturated heterocycles. The highest BCUT2D eigenvalue weighted by atomic mass is 32.2. The summed E-state index contributed by atoms with van der Waals surface area (Å²) >= 11 is 0. The van der Waals surface area contributed by atoms with Gasteiger partial charge in [-0.1, -0.05) is 36.4 Å². The smallest absolute Gasteiger partial charge is 0.242 e. The topological polar surface area (TPSA) is 65.5 Å². The maximum absolute atomic E-state index is 12.7. The van der Waals surface area contributed by atoms with Crippen molar-refractivity contribution in [3.05, 3.63) is 66.9 Å². The largest absolute Gasteiger partial charge is 0.369 e. The molecule has 0 saturated carbocycles. The molecule has 0 radical (unpaired) electrons. The molecule has 0 unspecified atom stereocenters. The molecule has 1 aliphatic heterocycles. The van der Waals surface area contributed by atoms with Gasteiger partial charge in [0.05, 0.1) is 5.52 Å². The lowest BCUT2D eigenvalue weighted by Crippen LogP contribution is -2.48. The van der Waals surface area contributed by atoms with Crippen LogP contribution in [0.25, 0.3) is 10.9 Å². The summed E-state index contributed by atoms with van der Waals surface area (Å²) in [6.45, 7) is 4.82. The number of nitrogens with one attached hydrogen (secondary N) is 1. The molecule has 6 nitrogen and oxygen atoms in total. The molecule has 2 aromatic carbocycles. The highest BCUT2D eigenvalue weighted by Crippen LogP contribution is 2.20. The third-order valence-corrected chi connectivity index (χ3v) is 6.59. The molecule has 1 N–H and O–H groups in total. The van der Waals surface area contributed by atoms with Crippen LogP contribution in [0.1, 0.15) is 0 Å². The number of hydrogen-bond acceptors (Lipinski definition) is 5. The number of aromatic nitrogens is 1. The van der Waals surface area contributed by atoms with E-state index in [2.05, 4.69) is 43.8 Å². The van der Waals surface area contributed by atoms with E-state index in [4.69, 9.17) is 0 Å². The second-order valence-electron chi connectivity index (χ2n) is 6.89. The minimum absolute atomic E-state index is 0.236. The maximum Gasteiger partial charge on any atom is 0.242 e. The van der Waals surface area contributed by atoms with Crippen molar-refractivity contribution in [2.45, 2.75) is 4.90 Å². The fourth-order valence-electron chi connectivity index (χ4n) is 3.58. The molecule has 0 spiro atoms. The lowest BCUT2D eigenvalue weighted by Gasteiger charge is -2.36. The Labute approximate surface area is 165 Å². The van der Waals surface area contributed by atoms with Crippen molar-refractivity contribution in [3.8, 4) is 0 Å². The van der Waals surface area contributed by atoms with Gasteiger partial charge in [-0.05, 0) is 24.3 Å². The Bertz CT molecular complexity index is 1030. The first kappa shape index (κ1) is 18.9. The summed E-state index contributed by atoms with van der Waals surface area (Å²) in [5.41, 5.74) is 1.75. The lowest BCUT2D eigenvalue weighted by molar-refractivity contribution is 0.262. The van der Waals surface area contributed by atoms with Gasteiger partial charge in [0.25, 0.3) is 0 Å². The van der Waals surface area contributed by atoms with Crippen molar-refractivity contribution in [3.63, 3.8) is 0 Å². The number of rotatable bonds is 6. The highest BCUT2D eigenvalue weighted by Gasteiger charge is 2.20. The average Bonchev–Trinajstić information content (AvgIpc) is 2.74. The zero-order valence-electron chi connectivity index (χ0n) is 15.7. The van der Waals surface area contributed by atoms with Crippen LogP contribution >= 0.6 is 0 Å². The Morgan fingerprint density at radius 2 is 1.64 bits per heavy atom. The van der Waals surface area contributed by atoms with Crippen LogP contribution in [0.15, 0.2) is 71.8 Å². The van der Waals surface area contributed by atoms with Gasteiger partial charge in [-0.25, -0.2) is 13.1 Å². The van der Waals surface area contributed by atoms with Crippen molar-refractivity contribution in [2.24, 2.45) is 0 Å². The maximum atomic E-state index is 12.7. The average molecular weight is 397 g/mol. The molecule has 1 aromatic heterocycles. The molecule has 3 aromatic rings. The van der Waals surface area contributed by atoms with Gasteiger partial charge in [0.15, 0.2) is 0 Å². The fourth-order valence-corrected chi connectivity index (χ4v) is 4.78. The van der Waals surface area contributed by atoms with E-state index in [1.165, 1.54) is 5.69 Å². The van der Waals surface area contributed by atoms with Gasteiger partial charge in [0.2, 0.25) is 10.0 Å². The Morgan fingerprint density at radius 1 is 0.893 bits per heavy atom. The van der Waals surface area contributed by atoms with Crippen LogP contribution < -0.4 is 9.62 Å². The van der Waals surface area contributed by atoms with E-state index in [0.29, 0.717) is 18.6 Å². The number of benzene rings is 2. The third-order valence-electron chi connectivity index (χ3n) is 5.10. The van der Waals surface area contributed by atoms with Crippen LogP contribution in [-0.2, 0) is 10.0 Å². The first-order chi connectivity index (χ1) is 13.6. The monoisotopic (exact) mass is 396 g/mol. The summed E-state index contributed by atoms with van der Waals surface area (Å²) < 4.78 is 28.2. The van der Waals surface area contributed by atoms with E-state index >= 15 is 0 Å². The number of hydrogen-bond donors (Lipinski definition) is 1. The molecule has 0 bridgehead atoms. The summed E-state index contributed by atoms with van der Waals surface area (Å²) in [5.74, 6) is 0. The molecule has 0 aliphatic carbocycles. The highest BCUT2D eigenvalue weighted by molar-refractivity contribution is 7.89. The summed E-state index contributed by atoms with van der Waals surface area (Å²) in [6.07, 6.45) is 1.62. The molecular formula is C21H24N4O2S. The van der Waals surface area contributed by atoms with Gasteiger partial charge in [0.1, 0.15) is 4.90 Å².